The molecule has 0 spiro atoms. The molecule has 5 nitrogen and oxygen atoms in total. The third-order valence-corrected chi connectivity index (χ3v) is 5.43. The molecule has 1 atom stereocenters. The van der Waals surface area contributed by atoms with E-state index in [0.29, 0.717) is 11.8 Å². The molecule has 0 saturated carbocycles. The van der Waals surface area contributed by atoms with Crippen LogP contribution in [0.15, 0.2) is 35.4 Å². The van der Waals surface area contributed by atoms with Crippen LogP contribution in [0.1, 0.15) is 19.3 Å². The second kappa shape index (κ2) is 7.03. The summed E-state index contributed by atoms with van der Waals surface area (Å²) in [6.45, 7) is 6.09. The zero-order valence-corrected chi connectivity index (χ0v) is 14.1. The molecule has 0 N–H and O–H groups in total. The van der Waals surface area contributed by atoms with E-state index in [1.807, 2.05) is 24.3 Å². The van der Waals surface area contributed by atoms with Crippen molar-refractivity contribution >= 4 is 10.9 Å². The summed E-state index contributed by atoms with van der Waals surface area (Å²) >= 11 is 0. The Bertz CT molecular complexity index is 744. The van der Waals surface area contributed by atoms with E-state index in [1.54, 1.807) is 10.9 Å². The maximum atomic E-state index is 12.6. The highest BCUT2D eigenvalue weighted by atomic mass is 16.5. The number of nitrogens with zero attached hydrogens (tertiary/aromatic N) is 3. The van der Waals surface area contributed by atoms with Gasteiger partial charge in [-0.25, -0.2) is 4.98 Å². The fraction of sp³-hybridized carbons (Fsp3) is 0.579. The van der Waals surface area contributed by atoms with Crippen LogP contribution in [0.2, 0.25) is 0 Å². The van der Waals surface area contributed by atoms with Gasteiger partial charge in [0.25, 0.3) is 5.56 Å². The number of hydrogen-bond acceptors (Lipinski definition) is 4. The third kappa shape index (κ3) is 3.37. The van der Waals surface area contributed by atoms with Crippen molar-refractivity contribution in [2.45, 2.75) is 25.8 Å². The summed E-state index contributed by atoms with van der Waals surface area (Å²) in [6, 6.07) is 7.59. The standard InChI is InChI=1S/C19H25N3O2/c23-19-17-3-1-2-4-18(17)20-14-22(19)12-15-5-8-21(9-6-15)11-16-7-10-24-13-16/h1-4,14-16H,5-13H2. The smallest absolute Gasteiger partial charge is 0.261 e. The molecule has 2 aromatic rings. The third-order valence-electron chi connectivity index (χ3n) is 5.43. The van der Waals surface area contributed by atoms with Crippen molar-refractivity contribution in [2.24, 2.45) is 11.8 Å². The van der Waals surface area contributed by atoms with Crippen molar-refractivity contribution in [3.05, 3.63) is 40.9 Å². The Kier molecular flexibility index (Phi) is 4.63. The molecule has 2 saturated heterocycles. The minimum Gasteiger partial charge on any atom is -0.381 e. The molecule has 0 radical (unpaired) electrons. The minimum absolute atomic E-state index is 0.0890. The predicted octanol–water partition coefficient (Wildman–Crippen LogP) is 2.14. The lowest BCUT2D eigenvalue weighted by atomic mass is 9.95. The van der Waals surface area contributed by atoms with Crippen molar-refractivity contribution in [2.75, 3.05) is 32.8 Å². The second-order valence-corrected chi connectivity index (χ2v) is 7.19. The molecule has 4 rings (SSSR count). The van der Waals surface area contributed by atoms with Gasteiger partial charge in [-0.2, -0.15) is 0 Å². The zero-order chi connectivity index (χ0) is 16.4. The van der Waals surface area contributed by atoms with Crippen LogP contribution >= 0.6 is 0 Å². The van der Waals surface area contributed by atoms with Crippen LogP contribution in [-0.2, 0) is 11.3 Å². The number of fused-ring (bicyclic) bond motifs is 1. The summed E-state index contributed by atoms with van der Waals surface area (Å²) in [5.41, 5.74) is 0.874. The second-order valence-electron chi connectivity index (χ2n) is 7.19. The van der Waals surface area contributed by atoms with Crippen molar-refractivity contribution in [3.63, 3.8) is 0 Å². The predicted molar refractivity (Wildman–Crippen MR) is 94.1 cm³/mol. The van der Waals surface area contributed by atoms with E-state index in [-0.39, 0.29) is 5.56 Å². The normalized spacial score (nSPS) is 23.1. The Hall–Kier alpha value is -1.72. The van der Waals surface area contributed by atoms with Crippen LogP contribution < -0.4 is 5.56 Å². The quantitative estimate of drug-likeness (QED) is 0.863. The first-order valence-electron chi connectivity index (χ1n) is 9.04. The number of piperidine rings is 1. The molecule has 1 unspecified atom stereocenters. The van der Waals surface area contributed by atoms with Gasteiger partial charge in [0, 0.05) is 19.7 Å². The first-order chi connectivity index (χ1) is 11.8. The van der Waals surface area contributed by atoms with Crippen LogP contribution in [-0.4, -0.2) is 47.3 Å². The molecule has 24 heavy (non-hydrogen) atoms. The summed E-state index contributed by atoms with van der Waals surface area (Å²) in [7, 11) is 0. The molecule has 0 aliphatic carbocycles. The Balaban J connectivity index is 1.37. The Morgan fingerprint density at radius 2 is 1.92 bits per heavy atom. The molecule has 2 fully saturated rings. The largest absolute Gasteiger partial charge is 0.381 e. The van der Waals surface area contributed by atoms with Crippen molar-refractivity contribution in [3.8, 4) is 0 Å². The Morgan fingerprint density at radius 1 is 1.08 bits per heavy atom. The Morgan fingerprint density at radius 3 is 2.71 bits per heavy atom. The van der Waals surface area contributed by atoms with E-state index in [1.165, 1.54) is 13.0 Å². The molecule has 1 aromatic carbocycles. The number of aromatic nitrogens is 2. The molecule has 128 valence electrons. The van der Waals surface area contributed by atoms with Crippen LogP contribution in [0.25, 0.3) is 10.9 Å². The van der Waals surface area contributed by atoms with E-state index < -0.39 is 0 Å². The minimum atomic E-state index is 0.0890. The van der Waals surface area contributed by atoms with E-state index in [9.17, 15) is 4.79 Å². The molecule has 5 heteroatoms. The summed E-state index contributed by atoms with van der Waals surface area (Å²) in [5.74, 6) is 1.29. The lowest BCUT2D eigenvalue weighted by Crippen LogP contribution is -2.39. The molecular weight excluding hydrogens is 302 g/mol. The van der Waals surface area contributed by atoms with Crippen molar-refractivity contribution in [1.29, 1.82) is 0 Å². The van der Waals surface area contributed by atoms with Gasteiger partial charge in [0.15, 0.2) is 0 Å². The number of para-hydroxylation sites is 1. The maximum Gasteiger partial charge on any atom is 0.261 e. The monoisotopic (exact) mass is 327 g/mol. The molecule has 0 amide bonds. The summed E-state index contributed by atoms with van der Waals surface area (Å²) in [5, 5.41) is 0.721. The van der Waals surface area contributed by atoms with Gasteiger partial charge in [0.2, 0.25) is 0 Å². The number of benzene rings is 1. The molecule has 3 heterocycles. The van der Waals surface area contributed by atoms with Crippen molar-refractivity contribution < 1.29 is 4.74 Å². The van der Waals surface area contributed by atoms with Crippen LogP contribution in [0.5, 0.6) is 0 Å². The molecule has 2 aliphatic rings. The average molecular weight is 327 g/mol. The van der Waals surface area contributed by atoms with Gasteiger partial charge < -0.3 is 9.64 Å². The molecule has 1 aromatic heterocycles. The van der Waals surface area contributed by atoms with Gasteiger partial charge >= 0.3 is 0 Å². The zero-order valence-electron chi connectivity index (χ0n) is 14.1. The number of hydrogen-bond donors (Lipinski definition) is 0. The van der Waals surface area contributed by atoms with Crippen LogP contribution in [0, 0.1) is 11.8 Å². The Labute approximate surface area is 142 Å². The fourth-order valence-corrected chi connectivity index (χ4v) is 3.96. The van der Waals surface area contributed by atoms with E-state index >= 15 is 0 Å². The number of ether oxygens (including phenoxy) is 1. The summed E-state index contributed by atoms with van der Waals surface area (Å²) in [4.78, 5) is 19.6. The van der Waals surface area contributed by atoms with Crippen LogP contribution in [0.3, 0.4) is 0 Å². The highest BCUT2D eigenvalue weighted by Crippen LogP contribution is 2.22. The van der Waals surface area contributed by atoms with Gasteiger partial charge in [-0.3, -0.25) is 9.36 Å². The van der Waals surface area contributed by atoms with E-state index in [2.05, 4.69) is 9.88 Å². The lowest BCUT2D eigenvalue weighted by Gasteiger charge is -2.33. The average Bonchev–Trinajstić information content (AvgIpc) is 3.12. The first kappa shape index (κ1) is 15.8. The first-order valence-corrected chi connectivity index (χ1v) is 9.04. The summed E-state index contributed by atoms with van der Waals surface area (Å²) in [6.07, 6.45) is 5.24. The molecule has 2 aliphatic heterocycles. The summed E-state index contributed by atoms with van der Waals surface area (Å²) < 4.78 is 7.27. The fourth-order valence-electron chi connectivity index (χ4n) is 3.96. The highest BCUT2D eigenvalue weighted by molar-refractivity contribution is 5.76. The van der Waals surface area contributed by atoms with Crippen molar-refractivity contribution in [1.82, 2.24) is 14.5 Å². The lowest BCUT2D eigenvalue weighted by molar-refractivity contribution is 0.135. The SMILES string of the molecule is O=c1c2ccccc2ncn1CC1CCN(CC2CCOC2)CC1. The van der Waals surface area contributed by atoms with Gasteiger partial charge in [-0.1, -0.05) is 12.1 Å². The van der Waals surface area contributed by atoms with Gasteiger partial charge in [0.1, 0.15) is 0 Å². The maximum absolute atomic E-state index is 12.6. The number of rotatable bonds is 4. The molecular formula is C19H25N3O2. The van der Waals surface area contributed by atoms with E-state index in [0.717, 1.165) is 56.6 Å². The van der Waals surface area contributed by atoms with Crippen LogP contribution in [0.4, 0.5) is 0 Å². The highest BCUT2D eigenvalue weighted by Gasteiger charge is 2.24. The number of likely N-dealkylation sites (tertiary alicyclic amines) is 1. The topological polar surface area (TPSA) is 47.4 Å². The van der Waals surface area contributed by atoms with Gasteiger partial charge in [-0.15, -0.1) is 0 Å². The van der Waals surface area contributed by atoms with Gasteiger partial charge in [-0.05, 0) is 56.3 Å². The van der Waals surface area contributed by atoms with E-state index in [4.69, 9.17) is 4.74 Å². The van der Waals surface area contributed by atoms with Gasteiger partial charge in [0.05, 0.1) is 23.8 Å². The molecule has 0 bridgehead atoms.